The van der Waals surface area contributed by atoms with Gasteiger partial charge < -0.3 is 10.5 Å². The molecule has 4 bridgehead atoms. The molecule has 114 valence electrons. The Hall–Kier alpha value is -1.02. The first-order valence-electron chi connectivity index (χ1n) is 8.73. The predicted octanol–water partition coefficient (Wildman–Crippen LogP) is 4.16. The second-order valence-electron chi connectivity index (χ2n) is 7.50. The first-order chi connectivity index (χ1) is 10.3. The van der Waals surface area contributed by atoms with Crippen molar-refractivity contribution >= 4 is 0 Å². The Balaban J connectivity index is 1.61. The number of rotatable bonds is 4. The van der Waals surface area contributed by atoms with Gasteiger partial charge in [-0.2, -0.15) is 0 Å². The molecule has 5 rings (SSSR count). The van der Waals surface area contributed by atoms with E-state index in [4.69, 9.17) is 10.5 Å². The second kappa shape index (κ2) is 5.31. The summed E-state index contributed by atoms with van der Waals surface area (Å²) in [5.41, 5.74) is 8.00. The van der Waals surface area contributed by atoms with Crippen LogP contribution in [0.25, 0.3) is 0 Å². The van der Waals surface area contributed by atoms with Gasteiger partial charge in [0.05, 0.1) is 6.61 Å². The molecule has 2 N–H and O–H groups in total. The van der Waals surface area contributed by atoms with E-state index in [0.717, 1.165) is 29.4 Å². The lowest BCUT2D eigenvalue weighted by Gasteiger charge is -2.56. The Morgan fingerprint density at radius 2 is 1.67 bits per heavy atom. The summed E-state index contributed by atoms with van der Waals surface area (Å²) in [5, 5.41) is 0. The topological polar surface area (TPSA) is 35.2 Å². The van der Waals surface area contributed by atoms with Crippen LogP contribution in [-0.2, 0) is 0 Å². The van der Waals surface area contributed by atoms with Gasteiger partial charge in [0.25, 0.3) is 0 Å². The quantitative estimate of drug-likeness (QED) is 0.901. The number of para-hydroxylation sites is 1. The first kappa shape index (κ1) is 13.6. The molecule has 4 aliphatic rings. The minimum atomic E-state index is 0.155. The van der Waals surface area contributed by atoms with Crippen molar-refractivity contribution in [3.05, 3.63) is 29.8 Å². The summed E-state index contributed by atoms with van der Waals surface area (Å²) in [5.74, 6) is 5.44. The van der Waals surface area contributed by atoms with Crippen molar-refractivity contribution in [3.63, 3.8) is 0 Å². The minimum Gasteiger partial charge on any atom is -0.494 e. The molecule has 0 radical (unpaired) electrons. The fraction of sp³-hybridized carbons (Fsp3) is 0.684. The van der Waals surface area contributed by atoms with E-state index in [1.165, 1.54) is 37.7 Å². The highest BCUT2D eigenvalue weighted by molar-refractivity contribution is 5.36. The van der Waals surface area contributed by atoms with Gasteiger partial charge in [-0.05, 0) is 74.7 Å². The second-order valence-corrected chi connectivity index (χ2v) is 7.50. The van der Waals surface area contributed by atoms with E-state index >= 15 is 0 Å². The van der Waals surface area contributed by atoms with Gasteiger partial charge in [0.1, 0.15) is 5.75 Å². The Morgan fingerprint density at radius 3 is 2.29 bits per heavy atom. The maximum Gasteiger partial charge on any atom is 0.124 e. The standard InChI is InChI=1S/C19H27NO/c1-2-21-17-6-4-3-5-16(17)19(20)18-14-8-12-7-13(10-14)11-15(18)9-12/h3-6,12-15,18-19H,2,7-11,20H2,1H3. The third kappa shape index (κ3) is 2.28. The average molecular weight is 285 g/mol. The lowest BCUT2D eigenvalue weighted by molar-refractivity contribution is -0.0474. The molecule has 4 fully saturated rings. The highest BCUT2D eigenvalue weighted by atomic mass is 16.5. The van der Waals surface area contributed by atoms with E-state index in [2.05, 4.69) is 24.3 Å². The SMILES string of the molecule is CCOc1ccccc1C(N)C1C2CC3CC(C2)CC1C3. The summed E-state index contributed by atoms with van der Waals surface area (Å²) in [6.45, 7) is 2.76. The molecule has 0 aliphatic heterocycles. The molecule has 1 unspecified atom stereocenters. The number of benzene rings is 1. The van der Waals surface area contributed by atoms with Crippen molar-refractivity contribution in [2.24, 2.45) is 35.3 Å². The van der Waals surface area contributed by atoms with Crippen molar-refractivity contribution in [2.75, 3.05) is 6.61 Å². The smallest absolute Gasteiger partial charge is 0.124 e. The van der Waals surface area contributed by atoms with Crippen LogP contribution in [-0.4, -0.2) is 6.61 Å². The normalized spacial score (nSPS) is 38.5. The Morgan fingerprint density at radius 1 is 1.05 bits per heavy atom. The molecule has 1 atom stereocenters. The maximum atomic E-state index is 6.77. The molecule has 1 aromatic carbocycles. The molecule has 0 saturated heterocycles. The van der Waals surface area contributed by atoms with Gasteiger partial charge >= 0.3 is 0 Å². The molecular weight excluding hydrogens is 258 g/mol. The van der Waals surface area contributed by atoms with Crippen molar-refractivity contribution in [1.29, 1.82) is 0 Å². The molecule has 0 amide bonds. The van der Waals surface area contributed by atoms with Crippen molar-refractivity contribution in [2.45, 2.75) is 45.1 Å². The van der Waals surface area contributed by atoms with Gasteiger partial charge in [-0.15, -0.1) is 0 Å². The van der Waals surface area contributed by atoms with Crippen LogP contribution < -0.4 is 10.5 Å². The van der Waals surface area contributed by atoms with Gasteiger partial charge in [-0.25, -0.2) is 0 Å². The van der Waals surface area contributed by atoms with Crippen LogP contribution in [0.5, 0.6) is 5.75 Å². The van der Waals surface area contributed by atoms with Crippen molar-refractivity contribution in [3.8, 4) is 5.75 Å². The summed E-state index contributed by atoms with van der Waals surface area (Å²) >= 11 is 0. The zero-order chi connectivity index (χ0) is 14.4. The molecule has 2 nitrogen and oxygen atoms in total. The van der Waals surface area contributed by atoms with E-state index in [1.807, 2.05) is 6.92 Å². The van der Waals surface area contributed by atoms with Gasteiger partial charge in [0.2, 0.25) is 0 Å². The third-order valence-electron chi connectivity index (χ3n) is 6.29. The minimum absolute atomic E-state index is 0.155. The van der Waals surface area contributed by atoms with E-state index < -0.39 is 0 Å². The first-order valence-corrected chi connectivity index (χ1v) is 8.73. The van der Waals surface area contributed by atoms with Crippen LogP contribution in [0.2, 0.25) is 0 Å². The summed E-state index contributed by atoms with van der Waals surface area (Å²) in [4.78, 5) is 0. The van der Waals surface area contributed by atoms with Gasteiger partial charge in [-0.1, -0.05) is 18.2 Å². The zero-order valence-corrected chi connectivity index (χ0v) is 13.0. The van der Waals surface area contributed by atoms with Crippen LogP contribution >= 0.6 is 0 Å². The highest BCUT2D eigenvalue weighted by Gasteiger charge is 2.50. The molecule has 4 saturated carbocycles. The Kier molecular flexibility index (Phi) is 3.45. The predicted molar refractivity (Wildman–Crippen MR) is 85.1 cm³/mol. The number of ether oxygens (including phenoxy) is 1. The Bertz CT molecular complexity index is 484. The van der Waals surface area contributed by atoms with Crippen LogP contribution in [0.3, 0.4) is 0 Å². The number of nitrogens with two attached hydrogens (primary N) is 1. The zero-order valence-electron chi connectivity index (χ0n) is 13.0. The third-order valence-corrected chi connectivity index (χ3v) is 6.29. The molecule has 4 aliphatic carbocycles. The van der Waals surface area contributed by atoms with Crippen LogP contribution in [0, 0.1) is 29.6 Å². The fourth-order valence-corrected chi connectivity index (χ4v) is 5.80. The summed E-state index contributed by atoms with van der Waals surface area (Å²) in [7, 11) is 0. The largest absolute Gasteiger partial charge is 0.494 e. The number of hydrogen-bond acceptors (Lipinski definition) is 2. The lowest BCUT2D eigenvalue weighted by atomic mass is 9.50. The highest BCUT2D eigenvalue weighted by Crippen LogP contribution is 2.59. The molecule has 0 spiro atoms. The Labute approximate surface area is 128 Å². The van der Waals surface area contributed by atoms with Crippen molar-refractivity contribution < 1.29 is 4.74 Å². The monoisotopic (exact) mass is 285 g/mol. The lowest BCUT2D eigenvalue weighted by Crippen LogP contribution is -2.48. The van der Waals surface area contributed by atoms with E-state index in [-0.39, 0.29) is 6.04 Å². The maximum absolute atomic E-state index is 6.77. The van der Waals surface area contributed by atoms with E-state index in [0.29, 0.717) is 12.5 Å². The molecule has 0 heterocycles. The number of hydrogen-bond donors (Lipinski definition) is 1. The van der Waals surface area contributed by atoms with Crippen LogP contribution in [0.1, 0.15) is 50.6 Å². The fourth-order valence-electron chi connectivity index (χ4n) is 5.80. The molecular formula is C19H27NO. The summed E-state index contributed by atoms with van der Waals surface area (Å²) < 4.78 is 5.82. The van der Waals surface area contributed by atoms with Gasteiger partial charge in [-0.3, -0.25) is 0 Å². The van der Waals surface area contributed by atoms with Gasteiger partial charge in [0.15, 0.2) is 0 Å². The summed E-state index contributed by atoms with van der Waals surface area (Å²) in [6, 6.07) is 8.57. The average Bonchev–Trinajstić information content (AvgIpc) is 2.47. The van der Waals surface area contributed by atoms with Crippen LogP contribution in [0.15, 0.2) is 24.3 Å². The van der Waals surface area contributed by atoms with Gasteiger partial charge in [0, 0.05) is 11.6 Å². The summed E-state index contributed by atoms with van der Waals surface area (Å²) in [6.07, 6.45) is 7.24. The van der Waals surface area contributed by atoms with E-state index in [1.54, 1.807) is 0 Å². The molecule has 21 heavy (non-hydrogen) atoms. The molecule has 0 aromatic heterocycles. The molecule has 1 aromatic rings. The van der Waals surface area contributed by atoms with E-state index in [9.17, 15) is 0 Å². The van der Waals surface area contributed by atoms with Crippen molar-refractivity contribution in [1.82, 2.24) is 0 Å². The molecule has 2 heteroatoms. The van der Waals surface area contributed by atoms with Crippen LogP contribution in [0.4, 0.5) is 0 Å².